The summed E-state index contributed by atoms with van der Waals surface area (Å²) < 4.78 is 4.60. The molecule has 0 saturated heterocycles. The summed E-state index contributed by atoms with van der Waals surface area (Å²) in [6, 6.07) is 0.384. The molecular formula is C7H8N6O2. The van der Waals surface area contributed by atoms with Crippen LogP contribution in [0.25, 0.3) is 0 Å². The minimum Gasteiger partial charge on any atom is -0.464 e. The number of carbonyl (C=O) groups excluding carboxylic acids is 1. The van der Waals surface area contributed by atoms with Crippen LogP contribution in [-0.2, 0) is 9.53 Å². The molecule has 1 N–H and O–H groups in total. The number of esters is 1. The highest BCUT2D eigenvalue weighted by molar-refractivity contribution is 5.78. The minimum atomic E-state index is -1.27. The van der Waals surface area contributed by atoms with Crippen LogP contribution >= 0.6 is 0 Å². The van der Waals surface area contributed by atoms with E-state index >= 15 is 0 Å². The molecule has 1 unspecified atom stereocenters. The second kappa shape index (κ2) is 5.43. The lowest BCUT2D eigenvalue weighted by atomic mass is 10.4. The van der Waals surface area contributed by atoms with Crippen molar-refractivity contribution in [3.05, 3.63) is 6.33 Å². The van der Waals surface area contributed by atoms with Crippen LogP contribution in [0.2, 0.25) is 0 Å². The quantitative estimate of drug-likeness (QED) is 0.565. The van der Waals surface area contributed by atoms with Gasteiger partial charge in [0.15, 0.2) is 0 Å². The first kappa shape index (κ1) is 10.8. The molecule has 8 heteroatoms. The number of nitrogens with one attached hydrogen (secondary N) is 1. The number of nitrogens with zero attached hydrogens (tertiary/aromatic N) is 5. The lowest BCUT2D eigenvalue weighted by molar-refractivity contribution is -0.143. The molecule has 1 aromatic rings. The first-order chi connectivity index (χ1) is 7.27. The molecule has 0 spiro atoms. The summed E-state index contributed by atoms with van der Waals surface area (Å²) in [7, 11) is 0. The third-order valence-electron chi connectivity index (χ3n) is 1.30. The van der Waals surface area contributed by atoms with Crippen LogP contribution in [0.1, 0.15) is 6.92 Å². The van der Waals surface area contributed by atoms with Gasteiger partial charge in [0, 0.05) is 0 Å². The molecule has 0 amide bonds. The van der Waals surface area contributed by atoms with Gasteiger partial charge in [0.05, 0.1) is 6.61 Å². The molecule has 0 radical (unpaired) electrons. The maximum atomic E-state index is 11.1. The highest BCUT2D eigenvalue weighted by atomic mass is 16.5. The van der Waals surface area contributed by atoms with Gasteiger partial charge in [-0.3, -0.25) is 0 Å². The Morgan fingerprint density at radius 3 is 3.20 bits per heavy atom. The van der Waals surface area contributed by atoms with Gasteiger partial charge in [-0.25, -0.2) is 9.89 Å². The lowest BCUT2D eigenvalue weighted by Gasteiger charge is -2.00. The van der Waals surface area contributed by atoms with E-state index in [0.717, 1.165) is 0 Å². The number of hydrogen-bond acceptors (Lipinski definition) is 7. The van der Waals surface area contributed by atoms with Crippen molar-refractivity contribution >= 4 is 11.9 Å². The number of azo groups is 1. The van der Waals surface area contributed by atoms with Crippen LogP contribution in [-0.4, -0.2) is 33.8 Å². The van der Waals surface area contributed by atoms with Gasteiger partial charge < -0.3 is 4.74 Å². The molecule has 0 saturated carbocycles. The lowest BCUT2D eigenvalue weighted by Crippen LogP contribution is -2.19. The smallest absolute Gasteiger partial charge is 0.347 e. The molecule has 0 aromatic carbocycles. The van der Waals surface area contributed by atoms with Crippen LogP contribution in [0.4, 0.5) is 5.95 Å². The molecule has 15 heavy (non-hydrogen) atoms. The predicted octanol–water partition coefficient (Wildman–Crippen LogP) is 0.344. The molecular weight excluding hydrogens is 200 g/mol. The first-order valence-corrected chi connectivity index (χ1v) is 4.10. The first-order valence-electron chi connectivity index (χ1n) is 4.10. The number of carbonyl (C=O) groups is 1. The molecule has 78 valence electrons. The maximum absolute atomic E-state index is 11.1. The van der Waals surface area contributed by atoms with E-state index in [1.54, 1.807) is 13.0 Å². The fourth-order valence-electron chi connectivity index (χ4n) is 0.706. The third-order valence-corrected chi connectivity index (χ3v) is 1.30. The van der Waals surface area contributed by atoms with Crippen molar-refractivity contribution in [1.29, 1.82) is 5.26 Å². The summed E-state index contributed by atoms with van der Waals surface area (Å²) >= 11 is 0. The molecule has 0 aliphatic rings. The molecule has 0 aliphatic heterocycles. The van der Waals surface area contributed by atoms with Crippen molar-refractivity contribution in [2.45, 2.75) is 13.0 Å². The van der Waals surface area contributed by atoms with Crippen molar-refractivity contribution < 1.29 is 9.53 Å². The molecule has 0 fully saturated rings. The monoisotopic (exact) mass is 208 g/mol. The summed E-state index contributed by atoms with van der Waals surface area (Å²) in [5.41, 5.74) is 0. The Balaban J connectivity index is 2.62. The van der Waals surface area contributed by atoms with E-state index in [4.69, 9.17) is 5.26 Å². The fraction of sp³-hybridized carbons (Fsp3) is 0.429. The van der Waals surface area contributed by atoms with Crippen molar-refractivity contribution in [3.8, 4) is 6.07 Å². The number of nitriles is 1. The standard InChI is InChI=1S/C7H8N6O2/c1-2-15-6(14)5(3-8)11-13-7-9-4-10-12-7/h4-5H,2H2,1H3,(H,9,10,12). The minimum absolute atomic E-state index is 0.125. The molecule has 0 aliphatic carbocycles. The van der Waals surface area contributed by atoms with Crippen LogP contribution in [0.3, 0.4) is 0 Å². The van der Waals surface area contributed by atoms with Crippen molar-refractivity contribution in [2.24, 2.45) is 10.2 Å². The van der Waals surface area contributed by atoms with Crippen molar-refractivity contribution in [2.75, 3.05) is 6.61 Å². The number of ether oxygens (including phenoxy) is 1. The van der Waals surface area contributed by atoms with Gasteiger partial charge in [-0.05, 0) is 6.92 Å². The fourth-order valence-corrected chi connectivity index (χ4v) is 0.706. The normalized spacial score (nSPS) is 12.3. The summed E-state index contributed by atoms with van der Waals surface area (Å²) in [4.78, 5) is 14.7. The Morgan fingerprint density at radius 2 is 2.67 bits per heavy atom. The summed E-state index contributed by atoms with van der Waals surface area (Å²) in [6.45, 7) is 1.83. The molecule has 1 aromatic heterocycles. The van der Waals surface area contributed by atoms with Crippen LogP contribution in [0.5, 0.6) is 0 Å². The number of aromatic nitrogens is 3. The van der Waals surface area contributed by atoms with Crippen LogP contribution < -0.4 is 0 Å². The molecule has 1 heterocycles. The zero-order chi connectivity index (χ0) is 11.1. The largest absolute Gasteiger partial charge is 0.464 e. The SMILES string of the molecule is CCOC(=O)C(C#N)N=Nc1ncn[nH]1. The highest BCUT2D eigenvalue weighted by Crippen LogP contribution is 2.03. The predicted molar refractivity (Wildman–Crippen MR) is 46.9 cm³/mol. The topological polar surface area (TPSA) is 116 Å². The molecule has 1 atom stereocenters. The Hall–Kier alpha value is -2.30. The van der Waals surface area contributed by atoms with Gasteiger partial charge in [0.1, 0.15) is 12.4 Å². The van der Waals surface area contributed by atoms with Gasteiger partial charge in [0.25, 0.3) is 12.0 Å². The molecule has 1 rings (SSSR count). The average Bonchev–Trinajstić information content (AvgIpc) is 2.72. The van der Waals surface area contributed by atoms with Gasteiger partial charge in [0.2, 0.25) is 0 Å². The van der Waals surface area contributed by atoms with Gasteiger partial charge in [-0.2, -0.15) is 20.5 Å². The number of H-pyrrole nitrogens is 1. The van der Waals surface area contributed by atoms with E-state index in [-0.39, 0.29) is 12.6 Å². The number of rotatable bonds is 4. The Morgan fingerprint density at radius 1 is 1.87 bits per heavy atom. The zero-order valence-electron chi connectivity index (χ0n) is 7.91. The van der Waals surface area contributed by atoms with E-state index < -0.39 is 12.0 Å². The van der Waals surface area contributed by atoms with Gasteiger partial charge >= 0.3 is 5.97 Å². The Labute approximate surface area is 85.0 Å². The third kappa shape index (κ3) is 3.15. The second-order valence-electron chi connectivity index (χ2n) is 2.31. The molecule has 0 bridgehead atoms. The van der Waals surface area contributed by atoms with E-state index in [2.05, 4.69) is 30.1 Å². The number of aromatic amines is 1. The van der Waals surface area contributed by atoms with Gasteiger partial charge in [-0.1, -0.05) is 0 Å². The van der Waals surface area contributed by atoms with Crippen molar-refractivity contribution in [3.63, 3.8) is 0 Å². The van der Waals surface area contributed by atoms with Crippen molar-refractivity contribution in [1.82, 2.24) is 15.2 Å². The highest BCUT2D eigenvalue weighted by Gasteiger charge is 2.18. The van der Waals surface area contributed by atoms with Gasteiger partial charge in [-0.15, -0.1) is 5.11 Å². The Bertz CT molecular complexity index is 379. The molecule has 8 nitrogen and oxygen atoms in total. The van der Waals surface area contributed by atoms with E-state index in [1.807, 2.05) is 0 Å². The Kier molecular flexibility index (Phi) is 3.91. The average molecular weight is 208 g/mol. The van der Waals surface area contributed by atoms with Crippen LogP contribution in [0.15, 0.2) is 16.6 Å². The summed E-state index contributed by atoms with van der Waals surface area (Å²) in [6.07, 6.45) is 1.24. The van der Waals surface area contributed by atoms with Crippen LogP contribution in [0, 0.1) is 11.3 Å². The van der Waals surface area contributed by atoms with E-state index in [1.165, 1.54) is 6.33 Å². The maximum Gasteiger partial charge on any atom is 0.347 e. The number of hydrogen-bond donors (Lipinski definition) is 1. The zero-order valence-corrected chi connectivity index (χ0v) is 7.91. The van der Waals surface area contributed by atoms with E-state index in [9.17, 15) is 4.79 Å². The van der Waals surface area contributed by atoms with E-state index in [0.29, 0.717) is 0 Å². The summed E-state index contributed by atoms with van der Waals surface area (Å²) in [5.74, 6) is -0.609. The summed E-state index contributed by atoms with van der Waals surface area (Å²) in [5, 5.41) is 21.5. The second-order valence-corrected chi connectivity index (χ2v) is 2.31.